The molecule has 4 nitrogen and oxygen atoms in total. The molecule has 0 aromatic rings. The minimum absolute atomic E-state index is 1.28. The Morgan fingerprint density at radius 3 is 1.09 bits per heavy atom. The molecule has 6 atom stereocenters. The fourth-order valence-electron chi connectivity index (χ4n) is 3.31. The summed E-state index contributed by atoms with van der Waals surface area (Å²) in [4.78, 5) is 0. The molecule has 0 spiro atoms. The lowest BCUT2D eigenvalue weighted by Crippen LogP contribution is -2.71. The van der Waals surface area contributed by atoms with Gasteiger partial charge in [-0.1, -0.05) is 0 Å². The van der Waals surface area contributed by atoms with Crippen LogP contribution in [0.4, 0.5) is 79.0 Å². The number of rotatable bonds is 16. The number of hydrogen-bond donors (Lipinski definition) is 0. The van der Waals surface area contributed by atoms with E-state index in [1.165, 1.54) is 30.7 Å². The first-order valence-electron chi connectivity index (χ1n) is 11.7. The maximum atomic E-state index is 13.5. The van der Waals surface area contributed by atoms with Crippen molar-refractivity contribution in [3.63, 3.8) is 0 Å². The van der Waals surface area contributed by atoms with Crippen molar-refractivity contribution in [1.29, 1.82) is 0 Å². The molecule has 23 heteroatoms. The normalized spacial score (nSPS) is 18.8. The van der Waals surface area contributed by atoms with Gasteiger partial charge in [0.1, 0.15) is 10.1 Å². The minimum atomic E-state index is -8.49. The second-order valence-corrected chi connectivity index (χ2v) is 10.3. The van der Waals surface area contributed by atoms with E-state index in [4.69, 9.17) is 0 Å². The van der Waals surface area contributed by atoms with Gasteiger partial charge in [0.2, 0.25) is 6.17 Å². The van der Waals surface area contributed by atoms with E-state index in [0.717, 1.165) is 0 Å². The first kappa shape index (κ1) is 43.7. The summed E-state index contributed by atoms with van der Waals surface area (Å²) in [6.45, 7) is 14.2. The molecule has 0 fully saturated rings. The Balaban J connectivity index is 0. The highest BCUT2D eigenvalue weighted by Gasteiger charge is 2.89. The SMILES string of the molecule is CC[N+](CC)(CC)CC.O=S(=O)([O-])C(F)C(F)(F)C(F)(F)C(F)(F)C(F)(F)C(F)(F)C(F)C(F)C(F)C(F)C(F)C(F)F. The van der Waals surface area contributed by atoms with Gasteiger partial charge in [-0.3, -0.25) is 0 Å². The van der Waals surface area contributed by atoms with Gasteiger partial charge in [0.05, 0.1) is 26.2 Å². The van der Waals surface area contributed by atoms with Crippen molar-refractivity contribution in [3.8, 4) is 0 Å². The third kappa shape index (κ3) is 8.46. The first-order chi connectivity index (χ1) is 18.9. The zero-order chi connectivity index (χ0) is 35.4. The molecule has 0 aliphatic heterocycles. The lowest BCUT2D eigenvalue weighted by atomic mass is 9.89. The second kappa shape index (κ2) is 14.8. The molecular formula is C20H27F18NO3S. The average molecular weight is 703 g/mol. The molecule has 6 unspecified atom stereocenters. The molecule has 0 N–H and O–H groups in total. The summed E-state index contributed by atoms with van der Waals surface area (Å²) in [5, 5.41) is 0. The van der Waals surface area contributed by atoms with Crippen LogP contribution in [0.3, 0.4) is 0 Å². The fraction of sp³-hybridized carbons (Fsp3) is 1.00. The van der Waals surface area contributed by atoms with E-state index < -0.39 is 82.5 Å². The van der Waals surface area contributed by atoms with E-state index in [-0.39, 0.29) is 0 Å². The smallest absolute Gasteiger partial charge is 0.384 e. The molecule has 0 aliphatic carbocycles. The van der Waals surface area contributed by atoms with Gasteiger partial charge in [0, 0.05) is 0 Å². The summed E-state index contributed by atoms with van der Waals surface area (Å²) in [7, 11) is -7.39. The van der Waals surface area contributed by atoms with Gasteiger partial charge in [-0.25, -0.2) is 43.5 Å². The Labute approximate surface area is 233 Å². The Hall–Kier alpha value is -1.39. The standard InChI is InChI=1S/C12H8F18O3S.C8H20N/c13-1(2(14)4(16)6(18)19)3(15)5(17)8(21,22)10(25,26)12(29,30)11(27,28)9(23,24)7(20)34(31,32)33;1-5-9(6-2,7-3)8-4/h1-7H,(H,31,32,33);5-8H2,1-4H3/q;+1/p-1. The van der Waals surface area contributed by atoms with E-state index in [1.807, 2.05) is 0 Å². The quantitative estimate of drug-likeness (QED) is 0.101. The molecule has 0 bridgehead atoms. The van der Waals surface area contributed by atoms with Gasteiger partial charge in [-0.15, -0.1) is 0 Å². The summed E-state index contributed by atoms with van der Waals surface area (Å²) >= 11 is 0. The average Bonchev–Trinajstić information content (AvgIpc) is 2.91. The summed E-state index contributed by atoms with van der Waals surface area (Å²) in [6, 6.07) is 0. The van der Waals surface area contributed by atoms with Crippen LogP contribution in [0.25, 0.3) is 0 Å². The van der Waals surface area contributed by atoms with Crippen LogP contribution in [0.15, 0.2) is 0 Å². The maximum absolute atomic E-state index is 13.5. The van der Waals surface area contributed by atoms with Crippen molar-refractivity contribution in [2.75, 3.05) is 26.2 Å². The summed E-state index contributed by atoms with van der Waals surface area (Å²) in [5.41, 5.74) is -6.00. The van der Waals surface area contributed by atoms with E-state index >= 15 is 0 Å². The first-order valence-corrected chi connectivity index (χ1v) is 13.2. The van der Waals surface area contributed by atoms with Crippen LogP contribution in [0, 0.1) is 0 Å². The summed E-state index contributed by atoms with van der Waals surface area (Å²) < 4.78 is 267. The Kier molecular flexibility index (Phi) is 15.1. The van der Waals surface area contributed by atoms with Crippen LogP contribution < -0.4 is 0 Å². The number of halogens is 18. The van der Waals surface area contributed by atoms with E-state index in [1.54, 1.807) is 0 Å². The van der Waals surface area contributed by atoms with Gasteiger partial charge in [-0.05, 0) is 27.7 Å². The van der Waals surface area contributed by atoms with Crippen LogP contribution in [-0.4, -0.2) is 116 Å². The lowest BCUT2D eigenvalue weighted by molar-refractivity contribution is -0.921. The molecule has 43 heavy (non-hydrogen) atoms. The number of quaternary nitrogens is 1. The van der Waals surface area contributed by atoms with E-state index in [2.05, 4.69) is 27.7 Å². The van der Waals surface area contributed by atoms with Crippen molar-refractivity contribution >= 4 is 10.1 Å². The highest BCUT2D eigenvalue weighted by Crippen LogP contribution is 2.59. The maximum Gasteiger partial charge on any atom is 0.384 e. The molecule has 0 amide bonds. The van der Waals surface area contributed by atoms with E-state index in [0.29, 0.717) is 0 Å². The molecule has 0 aliphatic rings. The molecule has 262 valence electrons. The minimum Gasteiger partial charge on any atom is -0.746 e. The van der Waals surface area contributed by atoms with Gasteiger partial charge in [0.25, 0.3) is 11.9 Å². The van der Waals surface area contributed by atoms with Crippen LogP contribution in [-0.2, 0) is 10.1 Å². The van der Waals surface area contributed by atoms with Crippen molar-refractivity contribution < 1.29 is 96.5 Å². The lowest BCUT2D eigenvalue weighted by Gasteiger charge is -2.41. The zero-order valence-electron chi connectivity index (χ0n) is 22.3. The van der Waals surface area contributed by atoms with Crippen LogP contribution in [0.5, 0.6) is 0 Å². The van der Waals surface area contributed by atoms with Gasteiger partial charge in [0.15, 0.2) is 24.7 Å². The van der Waals surface area contributed by atoms with Crippen molar-refractivity contribution in [3.05, 3.63) is 0 Å². The second-order valence-electron chi connectivity index (χ2n) is 8.90. The summed E-state index contributed by atoms with van der Waals surface area (Å²) in [6.07, 6.45) is -29.9. The third-order valence-corrected chi connectivity index (χ3v) is 7.43. The molecule has 0 saturated heterocycles. The monoisotopic (exact) mass is 703 g/mol. The van der Waals surface area contributed by atoms with Crippen LogP contribution >= 0.6 is 0 Å². The molecule has 0 aromatic carbocycles. The topological polar surface area (TPSA) is 57.2 Å². The number of alkyl halides is 18. The van der Waals surface area contributed by atoms with Crippen LogP contribution in [0.1, 0.15) is 27.7 Å². The Bertz CT molecular complexity index is 945. The molecular weight excluding hydrogens is 676 g/mol. The van der Waals surface area contributed by atoms with Crippen molar-refractivity contribution in [2.45, 2.75) is 100 Å². The highest BCUT2D eigenvalue weighted by atomic mass is 32.2. The van der Waals surface area contributed by atoms with Crippen molar-refractivity contribution in [2.24, 2.45) is 0 Å². The fourth-order valence-corrected chi connectivity index (χ4v) is 3.82. The summed E-state index contributed by atoms with van der Waals surface area (Å²) in [5.74, 6) is -40.7. The number of hydrogen-bond acceptors (Lipinski definition) is 3. The molecule has 0 aromatic heterocycles. The molecule has 0 radical (unpaired) electrons. The Morgan fingerprint density at radius 2 is 0.837 bits per heavy atom. The Morgan fingerprint density at radius 1 is 0.535 bits per heavy atom. The molecule has 0 rings (SSSR count). The zero-order valence-corrected chi connectivity index (χ0v) is 23.1. The highest BCUT2D eigenvalue weighted by molar-refractivity contribution is 7.86. The third-order valence-electron chi connectivity index (χ3n) is 6.63. The van der Waals surface area contributed by atoms with E-state index in [9.17, 15) is 92.0 Å². The predicted molar refractivity (Wildman–Crippen MR) is 112 cm³/mol. The largest absolute Gasteiger partial charge is 0.746 e. The predicted octanol–water partition coefficient (Wildman–Crippen LogP) is 6.84. The molecule has 0 saturated carbocycles. The van der Waals surface area contributed by atoms with Crippen LogP contribution in [0.2, 0.25) is 0 Å². The van der Waals surface area contributed by atoms with Gasteiger partial charge < -0.3 is 9.04 Å². The van der Waals surface area contributed by atoms with Gasteiger partial charge in [-0.2, -0.15) is 43.9 Å². The molecule has 0 heterocycles. The van der Waals surface area contributed by atoms with Gasteiger partial charge >= 0.3 is 29.6 Å². The van der Waals surface area contributed by atoms with Crippen molar-refractivity contribution in [1.82, 2.24) is 0 Å². The number of nitrogens with zero attached hydrogens (tertiary/aromatic N) is 1.